The summed E-state index contributed by atoms with van der Waals surface area (Å²) in [4.78, 5) is 7.11. The van der Waals surface area contributed by atoms with Crippen molar-refractivity contribution >= 4 is 28.6 Å². The zero-order valence-corrected chi connectivity index (χ0v) is 10.3. The average molecular weight is 281 g/mol. The van der Waals surface area contributed by atoms with Crippen molar-refractivity contribution in [3.05, 3.63) is 29.1 Å². The molecule has 3 nitrogen and oxygen atoms in total. The van der Waals surface area contributed by atoms with Gasteiger partial charge in [0.1, 0.15) is 17.3 Å². The number of nitrogens with zero attached hydrogens (tertiary/aromatic N) is 3. The highest BCUT2D eigenvalue weighted by atomic mass is 32.1. The van der Waals surface area contributed by atoms with Gasteiger partial charge >= 0.3 is 6.18 Å². The molecule has 0 saturated heterocycles. The van der Waals surface area contributed by atoms with Gasteiger partial charge < -0.3 is 0 Å². The topological polar surface area (TPSA) is 49.0 Å². The smallest absolute Gasteiger partial charge is 0.243 e. The van der Waals surface area contributed by atoms with Gasteiger partial charge in [0.15, 0.2) is 5.69 Å². The van der Waals surface area contributed by atoms with Crippen molar-refractivity contribution in [3.63, 3.8) is 0 Å². The maximum Gasteiger partial charge on any atom is 0.419 e. The standard InChI is InChI=1S/C12H6F3N3S/c13-12(14,15)11-8(4-16)17-5-9(18-6-19)10(11)7-2-1-3-7/h2,5H,1,3H2. The van der Waals surface area contributed by atoms with Crippen LogP contribution in [0.2, 0.25) is 0 Å². The summed E-state index contributed by atoms with van der Waals surface area (Å²) < 4.78 is 39.4. The van der Waals surface area contributed by atoms with Crippen LogP contribution in [0.1, 0.15) is 29.7 Å². The predicted molar refractivity (Wildman–Crippen MR) is 65.9 cm³/mol. The number of halogens is 3. The molecule has 0 unspecified atom stereocenters. The van der Waals surface area contributed by atoms with E-state index < -0.39 is 17.4 Å². The van der Waals surface area contributed by atoms with Gasteiger partial charge in [-0.25, -0.2) is 4.98 Å². The molecule has 1 aromatic heterocycles. The minimum absolute atomic E-state index is 0.00715. The van der Waals surface area contributed by atoms with Crippen LogP contribution in [-0.4, -0.2) is 10.1 Å². The third kappa shape index (κ3) is 2.41. The Hall–Kier alpha value is -2.03. The molecule has 96 valence electrons. The second-order valence-corrected chi connectivity index (χ2v) is 4.01. The van der Waals surface area contributed by atoms with Crippen LogP contribution in [0.5, 0.6) is 0 Å². The summed E-state index contributed by atoms with van der Waals surface area (Å²) in [5, 5.41) is 10.8. The van der Waals surface area contributed by atoms with Crippen LogP contribution in [0.15, 0.2) is 17.3 Å². The Morgan fingerprint density at radius 2 is 2.11 bits per heavy atom. The number of thiocarbonyl (C=S) groups is 1. The fourth-order valence-electron chi connectivity index (χ4n) is 1.84. The van der Waals surface area contributed by atoms with Crippen molar-refractivity contribution in [2.24, 2.45) is 4.99 Å². The Kier molecular flexibility index (Phi) is 3.47. The zero-order chi connectivity index (χ0) is 14.0. The first-order valence-electron chi connectivity index (χ1n) is 5.26. The van der Waals surface area contributed by atoms with Gasteiger partial charge in [-0.05, 0) is 30.6 Å². The fraction of sp³-hybridized carbons (Fsp3) is 0.250. The molecule has 0 atom stereocenters. The van der Waals surface area contributed by atoms with Gasteiger partial charge in [-0.15, -0.1) is 0 Å². The second kappa shape index (κ2) is 4.92. The van der Waals surface area contributed by atoms with Gasteiger partial charge in [-0.1, -0.05) is 6.08 Å². The second-order valence-electron chi connectivity index (χ2n) is 3.82. The molecule has 0 radical (unpaired) electrons. The SMILES string of the molecule is N#Cc1ncc(N=C=S)c(C2=CCC2)c1C(F)(F)F. The molecule has 1 aliphatic rings. The molecule has 0 N–H and O–H groups in total. The van der Waals surface area contributed by atoms with E-state index in [-0.39, 0.29) is 11.3 Å². The summed E-state index contributed by atoms with van der Waals surface area (Å²) in [6.07, 6.45) is -0.665. The van der Waals surface area contributed by atoms with E-state index >= 15 is 0 Å². The van der Waals surface area contributed by atoms with Crippen molar-refractivity contribution in [2.75, 3.05) is 0 Å². The lowest BCUT2D eigenvalue weighted by Crippen LogP contribution is -2.14. The molecule has 1 aromatic rings. The van der Waals surface area contributed by atoms with E-state index in [4.69, 9.17) is 5.26 Å². The molecule has 19 heavy (non-hydrogen) atoms. The van der Waals surface area contributed by atoms with E-state index in [1.54, 1.807) is 6.08 Å². The normalized spacial score (nSPS) is 13.9. The fourth-order valence-corrected chi connectivity index (χ4v) is 1.94. The van der Waals surface area contributed by atoms with Crippen molar-refractivity contribution in [2.45, 2.75) is 19.0 Å². The molecule has 0 saturated carbocycles. The number of isothiocyanates is 1. The van der Waals surface area contributed by atoms with Crippen LogP contribution in [0.4, 0.5) is 18.9 Å². The van der Waals surface area contributed by atoms with E-state index in [0.717, 1.165) is 6.20 Å². The lowest BCUT2D eigenvalue weighted by atomic mass is 9.87. The lowest BCUT2D eigenvalue weighted by molar-refractivity contribution is -0.138. The third-order valence-electron chi connectivity index (χ3n) is 2.74. The largest absolute Gasteiger partial charge is 0.419 e. The minimum Gasteiger partial charge on any atom is -0.243 e. The van der Waals surface area contributed by atoms with Crippen LogP contribution in [0, 0.1) is 11.3 Å². The third-order valence-corrected chi connectivity index (χ3v) is 2.83. The summed E-state index contributed by atoms with van der Waals surface area (Å²) >= 11 is 4.42. The van der Waals surface area contributed by atoms with Gasteiger partial charge in [0, 0.05) is 5.56 Å². The number of rotatable bonds is 2. The Bertz CT molecular complexity index is 649. The van der Waals surface area contributed by atoms with Gasteiger partial charge in [0.25, 0.3) is 0 Å². The molecule has 0 fully saturated rings. The van der Waals surface area contributed by atoms with Crippen LogP contribution in [-0.2, 0) is 6.18 Å². The Balaban J connectivity index is 2.83. The van der Waals surface area contributed by atoms with Gasteiger partial charge in [-0.2, -0.15) is 23.4 Å². The maximum atomic E-state index is 13.1. The average Bonchev–Trinajstić information content (AvgIpc) is 2.27. The summed E-state index contributed by atoms with van der Waals surface area (Å²) in [6, 6.07) is 1.47. The molecule has 2 rings (SSSR count). The monoisotopic (exact) mass is 281 g/mol. The van der Waals surface area contributed by atoms with Crippen molar-refractivity contribution in [1.29, 1.82) is 5.26 Å². The van der Waals surface area contributed by atoms with Crippen molar-refractivity contribution in [3.8, 4) is 6.07 Å². The first kappa shape index (κ1) is 13.4. The van der Waals surface area contributed by atoms with Gasteiger partial charge in [0.05, 0.1) is 11.4 Å². The molecule has 0 aliphatic heterocycles. The van der Waals surface area contributed by atoms with Crippen molar-refractivity contribution in [1.82, 2.24) is 4.98 Å². The van der Waals surface area contributed by atoms with Crippen LogP contribution in [0.3, 0.4) is 0 Å². The molecule has 7 heteroatoms. The Morgan fingerprint density at radius 1 is 1.42 bits per heavy atom. The number of hydrogen-bond donors (Lipinski definition) is 0. The lowest BCUT2D eigenvalue weighted by Gasteiger charge is -2.21. The highest BCUT2D eigenvalue weighted by molar-refractivity contribution is 7.78. The highest BCUT2D eigenvalue weighted by Gasteiger charge is 2.39. The maximum absolute atomic E-state index is 13.1. The Labute approximate surface area is 112 Å². The molecule has 0 aromatic carbocycles. The number of pyridine rings is 1. The molecular formula is C12H6F3N3S. The quantitative estimate of drug-likeness (QED) is 0.610. The van der Waals surface area contributed by atoms with Crippen LogP contribution in [0.25, 0.3) is 5.57 Å². The molecule has 1 aliphatic carbocycles. The minimum atomic E-state index is -4.67. The summed E-state index contributed by atoms with van der Waals surface area (Å²) in [5.74, 6) is 0. The molecule has 0 bridgehead atoms. The van der Waals surface area contributed by atoms with Crippen LogP contribution < -0.4 is 0 Å². The zero-order valence-electron chi connectivity index (χ0n) is 9.45. The van der Waals surface area contributed by atoms with E-state index in [1.165, 1.54) is 6.07 Å². The van der Waals surface area contributed by atoms with E-state index in [9.17, 15) is 13.2 Å². The molecular weight excluding hydrogens is 275 g/mol. The Morgan fingerprint density at radius 3 is 2.53 bits per heavy atom. The van der Waals surface area contributed by atoms with Gasteiger partial charge in [0.2, 0.25) is 0 Å². The van der Waals surface area contributed by atoms with E-state index in [1.807, 2.05) is 5.16 Å². The first-order chi connectivity index (χ1) is 8.99. The number of allylic oxidation sites excluding steroid dienone is 2. The predicted octanol–water partition coefficient (Wildman–Crippen LogP) is 3.88. The summed E-state index contributed by atoms with van der Waals surface area (Å²) in [7, 11) is 0. The number of hydrogen-bond acceptors (Lipinski definition) is 4. The number of alkyl halides is 3. The van der Waals surface area contributed by atoms with Gasteiger partial charge in [-0.3, -0.25) is 0 Å². The van der Waals surface area contributed by atoms with Crippen LogP contribution >= 0.6 is 12.2 Å². The number of nitriles is 1. The van der Waals surface area contributed by atoms with E-state index in [0.29, 0.717) is 18.4 Å². The summed E-state index contributed by atoms with van der Waals surface area (Å²) in [5.41, 5.74) is -1.31. The van der Waals surface area contributed by atoms with Crippen molar-refractivity contribution < 1.29 is 13.2 Å². The van der Waals surface area contributed by atoms with E-state index in [2.05, 4.69) is 22.2 Å². The number of aliphatic imine (C=N–C) groups is 1. The number of aromatic nitrogens is 1. The first-order valence-corrected chi connectivity index (χ1v) is 5.67. The summed E-state index contributed by atoms with van der Waals surface area (Å²) in [6.45, 7) is 0. The molecule has 0 amide bonds. The molecule has 0 spiro atoms. The molecule has 1 heterocycles. The highest BCUT2D eigenvalue weighted by Crippen LogP contribution is 2.44.